The molecule has 0 aliphatic heterocycles. The highest BCUT2D eigenvalue weighted by Crippen LogP contribution is 2.56. The molecule has 1 nitrogen and oxygen atoms in total. The van der Waals surface area contributed by atoms with E-state index in [4.69, 9.17) is 0 Å². The van der Waals surface area contributed by atoms with Gasteiger partial charge in [-0.3, -0.25) is 0 Å². The number of aliphatic hydroxyl groups is 1. The van der Waals surface area contributed by atoms with Gasteiger partial charge in [-0.25, -0.2) is 0 Å². The summed E-state index contributed by atoms with van der Waals surface area (Å²) >= 11 is 0. The van der Waals surface area contributed by atoms with Crippen LogP contribution in [0.4, 0.5) is 0 Å². The van der Waals surface area contributed by atoms with E-state index in [-0.39, 0.29) is 11.5 Å². The van der Waals surface area contributed by atoms with Crippen LogP contribution in [0, 0.1) is 24.2 Å². The first-order valence-corrected chi connectivity index (χ1v) is 10.3. The second kappa shape index (κ2) is 6.50. The van der Waals surface area contributed by atoms with E-state index < -0.39 is 0 Å². The van der Waals surface area contributed by atoms with Crippen LogP contribution < -0.4 is 0 Å². The minimum atomic E-state index is -0.173. The first kappa shape index (κ1) is 17.5. The Kier molecular flexibility index (Phi) is 4.07. The van der Waals surface area contributed by atoms with Gasteiger partial charge in [0.2, 0.25) is 0 Å². The van der Waals surface area contributed by atoms with Crippen LogP contribution in [-0.2, 0) is 6.42 Å². The van der Waals surface area contributed by atoms with Gasteiger partial charge >= 0.3 is 0 Å². The number of hydrogen-bond acceptors (Lipinski definition) is 1. The summed E-state index contributed by atoms with van der Waals surface area (Å²) in [5.74, 6) is 7.26. The molecule has 140 valence electrons. The highest BCUT2D eigenvalue weighted by atomic mass is 16.3. The second-order valence-electron chi connectivity index (χ2n) is 8.96. The lowest BCUT2D eigenvalue weighted by Crippen LogP contribution is -2.27. The molecule has 0 spiro atoms. The van der Waals surface area contributed by atoms with Crippen LogP contribution in [0.15, 0.2) is 54.6 Å². The van der Waals surface area contributed by atoms with Crippen molar-refractivity contribution in [1.29, 1.82) is 0 Å². The van der Waals surface area contributed by atoms with Crippen molar-refractivity contribution in [3.63, 3.8) is 0 Å². The molecule has 0 amide bonds. The van der Waals surface area contributed by atoms with Crippen molar-refractivity contribution in [3.05, 3.63) is 82.4 Å². The molecule has 0 aromatic heterocycles. The molecule has 2 aliphatic carbocycles. The van der Waals surface area contributed by atoms with Crippen molar-refractivity contribution in [1.82, 2.24) is 0 Å². The minimum Gasteiger partial charge on any atom is -0.393 e. The van der Waals surface area contributed by atoms with E-state index in [1.54, 1.807) is 0 Å². The van der Waals surface area contributed by atoms with Crippen LogP contribution in [0.3, 0.4) is 0 Å². The molecule has 2 aliphatic rings. The van der Waals surface area contributed by atoms with Gasteiger partial charge in [-0.15, -0.1) is 0 Å². The molecule has 0 unspecified atom stereocenters. The van der Waals surface area contributed by atoms with Crippen LogP contribution in [-0.4, -0.2) is 11.2 Å². The molecular formula is C27H26O. The smallest absolute Gasteiger partial charge is 0.0551 e. The number of fused-ring (bicyclic) bond motifs is 5. The fourth-order valence-electron chi connectivity index (χ4n) is 5.48. The van der Waals surface area contributed by atoms with E-state index in [1.165, 1.54) is 33.9 Å². The van der Waals surface area contributed by atoms with E-state index in [0.29, 0.717) is 5.92 Å². The van der Waals surface area contributed by atoms with Crippen molar-refractivity contribution in [2.45, 2.75) is 51.6 Å². The zero-order valence-corrected chi connectivity index (χ0v) is 16.6. The summed E-state index contributed by atoms with van der Waals surface area (Å²) in [5.41, 5.74) is 6.59. The molecule has 3 aromatic carbocycles. The Morgan fingerprint density at radius 2 is 1.82 bits per heavy atom. The standard InChI is InChI=1S/C27H26O/c1-18-8-11-22-20(10-9-19-6-4-3-5-7-19)15-25-23(24(22)14-18)12-13-27(2)17-21(28)16-26(25)27/h3-8,11,14-15,21,26,28H,12-13,16-17H2,1-2H3/t21-,26+,27-/m1/s1. The summed E-state index contributed by atoms with van der Waals surface area (Å²) in [5, 5.41) is 13.0. The molecule has 3 aromatic rings. The Hall–Kier alpha value is -2.56. The van der Waals surface area contributed by atoms with Crippen LogP contribution in [0.1, 0.15) is 59.9 Å². The van der Waals surface area contributed by atoms with E-state index in [0.717, 1.165) is 30.4 Å². The molecule has 0 heterocycles. The molecule has 0 bridgehead atoms. The Labute approximate surface area is 167 Å². The first-order chi connectivity index (χ1) is 13.5. The Balaban J connectivity index is 1.73. The number of hydrogen-bond donors (Lipinski definition) is 1. The van der Waals surface area contributed by atoms with E-state index in [1.807, 2.05) is 18.2 Å². The average molecular weight is 367 g/mol. The quantitative estimate of drug-likeness (QED) is 0.503. The van der Waals surface area contributed by atoms with Gasteiger partial charge in [0.1, 0.15) is 0 Å². The predicted octanol–water partition coefficient (Wildman–Crippen LogP) is 5.74. The first-order valence-electron chi connectivity index (χ1n) is 10.3. The third kappa shape index (κ3) is 2.84. The van der Waals surface area contributed by atoms with Gasteiger partial charge in [-0.1, -0.05) is 60.7 Å². The molecule has 1 saturated carbocycles. The fraction of sp³-hybridized carbons (Fsp3) is 0.333. The van der Waals surface area contributed by atoms with Crippen LogP contribution in [0.5, 0.6) is 0 Å². The third-order valence-corrected chi connectivity index (χ3v) is 6.93. The van der Waals surface area contributed by atoms with Gasteiger partial charge in [0.25, 0.3) is 0 Å². The third-order valence-electron chi connectivity index (χ3n) is 6.93. The summed E-state index contributed by atoms with van der Waals surface area (Å²) in [6.45, 7) is 4.53. The van der Waals surface area contributed by atoms with Crippen LogP contribution in [0.2, 0.25) is 0 Å². The van der Waals surface area contributed by atoms with Gasteiger partial charge in [0, 0.05) is 11.1 Å². The SMILES string of the molecule is Cc1ccc2c(C#Cc3ccccc3)cc3c(c2c1)CC[C@]1(C)C[C@H](O)C[C@@H]31. The summed E-state index contributed by atoms with van der Waals surface area (Å²) in [7, 11) is 0. The molecule has 3 atom stereocenters. The molecule has 0 saturated heterocycles. The predicted molar refractivity (Wildman–Crippen MR) is 116 cm³/mol. The average Bonchev–Trinajstić information content (AvgIpc) is 3.01. The molecule has 1 N–H and O–H groups in total. The van der Waals surface area contributed by atoms with Gasteiger partial charge < -0.3 is 5.11 Å². The van der Waals surface area contributed by atoms with Gasteiger partial charge in [-0.05, 0) is 84.0 Å². The Morgan fingerprint density at radius 3 is 2.64 bits per heavy atom. The second-order valence-corrected chi connectivity index (χ2v) is 8.96. The van der Waals surface area contributed by atoms with E-state index in [2.05, 4.69) is 62.1 Å². The Morgan fingerprint density at radius 1 is 1.00 bits per heavy atom. The topological polar surface area (TPSA) is 20.2 Å². The monoisotopic (exact) mass is 366 g/mol. The summed E-state index contributed by atoms with van der Waals surface area (Å²) in [6.07, 6.45) is 3.90. The van der Waals surface area contributed by atoms with Crippen LogP contribution in [0.25, 0.3) is 10.8 Å². The maximum absolute atomic E-state index is 10.4. The lowest BCUT2D eigenvalue weighted by Gasteiger charge is -2.38. The van der Waals surface area contributed by atoms with Crippen molar-refractivity contribution in [2.24, 2.45) is 5.41 Å². The molecule has 0 radical (unpaired) electrons. The molecular weight excluding hydrogens is 340 g/mol. The van der Waals surface area contributed by atoms with E-state index >= 15 is 0 Å². The summed E-state index contributed by atoms with van der Waals surface area (Å²) in [6, 6.07) is 19.3. The van der Waals surface area contributed by atoms with Crippen molar-refractivity contribution >= 4 is 10.8 Å². The minimum absolute atomic E-state index is 0.173. The zero-order chi connectivity index (χ0) is 19.3. The van der Waals surface area contributed by atoms with E-state index in [9.17, 15) is 5.11 Å². The largest absolute Gasteiger partial charge is 0.393 e. The maximum atomic E-state index is 10.4. The summed E-state index contributed by atoms with van der Waals surface area (Å²) in [4.78, 5) is 0. The number of aryl methyl sites for hydroxylation is 2. The van der Waals surface area contributed by atoms with Gasteiger partial charge in [0.15, 0.2) is 0 Å². The zero-order valence-electron chi connectivity index (χ0n) is 16.6. The number of benzene rings is 3. The van der Waals surface area contributed by atoms with Crippen molar-refractivity contribution in [3.8, 4) is 11.8 Å². The highest BCUT2D eigenvalue weighted by molar-refractivity contribution is 5.93. The van der Waals surface area contributed by atoms with Crippen molar-refractivity contribution in [2.75, 3.05) is 0 Å². The molecule has 1 fully saturated rings. The van der Waals surface area contributed by atoms with Gasteiger partial charge in [0.05, 0.1) is 6.10 Å². The van der Waals surface area contributed by atoms with Crippen molar-refractivity contribution < 1.29 is 5.11 Å². The number of rotatable bonds is 0. The molecule has 5 rings (SSSR count). The summed E-state index contributed by atoms with van der Waals surface area (Å²) < 4.78 is 0. The maximum Gasteiger partial charge on any atom is 0.0551 e. The van der Waals surface area contributed by atoms with Gasteiger partial charge in [-0.2, -0.15) is 0 Å². The molecule has 1 heteroatoms. The Bertz CT molecular complexity index is 1120. The molecule has 28 heavy (non-hydrogen) atoms. The van der Waals surface area contributed by atoms with Crippen LogP contribution >= 0.6 is 0 Å². The fourth-order valence-corrected chi connectivity index (χ4v) is 5.48. The lowest BCUT2D eigenvalue weighted by atomic mass is 9.66. The highest BCUT2D eigenvalue weighted by Gasteiger charge is 2.47. The number of aliphatic hydroxyl groups excluding tert-OH is 1. The lowest BCUT2D eigenvalue weighted by molar-refractivity contribution is 0.159. The normalized spacial score (nSPS) is 25.7.